The van der Waals surface area contributed by atoms with Crippen molar-refractivity contribution in [1.29, 1.82) is 5.26 Å². The lowest BCUT2D eigenvalue weighted by molar-refractivity contribution is 0.212. The minimum absolute atomic E-state index is 0.697. The number of hydrogen-bond acceptors (Lipinski definition) is 3. The number of nitriles is 1. The molecule has 1 saturated heterocycles. The molecule has 0 bridgehead atoms. The highest BCUT2D eigenvalue weighted by Gasteiger charge is 2.15. The number of nitrogens with one attached hydrogen (secondary N) is 1. The van der Waals surface area contributed by atoms with Crippen LogP contribution in [-0.2, 0) is 0 Å². The smallest absolute Gasteiger partial charge is 0.0622 e. The zero-order chi connectivity index (χ0) is 10.9. The van der Waals surface area contributed by atoms with Crippen molar-refractivity contribution in [2.45, 2.75) is 32.6 Å². The van der Waals surface area contributed by atoms with Gasteiger partial charge in [-0.1, -0.05) is 6.92 Å². The number of unbranched alkanes of at least 4 members (excludes halogenated alkanes) is 1. The van der Waals surface area contributed by atoms with Crippen LogP contribution >= 0.6 is 0 Å². The maximum Gasteiger partial charge on any atom is 0.0622 e. The summed E-state index contributed by atoms with van der Waals surface area (Å²) in [5.41, 5.74) is 0. The first-order valence-corrected chi connectivity index (χ1v) is 6.16. The number of nitrogens with zero attached hydrogens (tertiary/aromatic N) is 2. The van der Waals surface area contributed by atoms with Crippen LogP contribution in [0.3, 0.4) is 0 Å². The van der Waals surface area contributed by atoms with E-state index in [9.17, 15) is 0 Å². The minimum Gasteiger partial charge on any atom is -0.317 e. The van der Waals surface area contributed by atoms with Crippen LogP contribution in [-0.4, -0.2) is 37.6 Å². The second-order valence-electron chi connectivity index (χ2n) is 4.35. The van der Waals surface area contributed by atoms with Crippen LogP contribution in [0.15, 0.2) is 0 Å². The van der Waals surface area contributed by atoms with Crippen molar-refractivity contribution in [3.8, 4) is 6.07 Å². The molecule has 0 aliphatic carbocycles. The van der Waals surface area contributed by atoms with Gasteiger partial charge in [0.1, 0.15) is 0 Å². The van der Waals surface area contributed by atoms with Crippen LogP contribution < -0.4 is 5.32 Å². The Morgan fingerprint density at radius 2 is 2.13 bits per heavy atom. The first-order chi connectivity index (χ1) is 7.36. The summed E-state index contributed by atoms with van der Waals surface area (Å²) in [5, 5.41) is 11.9. The molecular formula is C12H23N3. The second-order valence-corrected chi connectivity index (χ2v) is 4.35. The molecule has 1 fully saturated rings. The van der Waals surface area contributed by atoms with Crippen LogP contribution in [0.5, 0.6) is 0 Å². The van der Waals surface area contributed by atoms with Crippen molar-refractivity contribution in [2.75, 3.05) is 32.7 Å². The predicted molar refractivity (Wildman–Crippen MR) is 62.6 cm³/mol. The van der Waals surface area contributed by atoms with E-state index in [1.807, 2.05) is 0 Å². The molecule has 0 atom stereocenters. The van der Waals surface area contributed by atoms with Crippen LogP contribution in [0.2, 0.25) is 0 Å². The van der Waals surface area contributed by atoms with Gasteiger partial charge < -0.3 is 10.2 Å². The Morgan fingerprint density at radius 1 is 1.40 bits per heavy atom. The van der Waals surface area contributed by atoms with E-state index in [2.05, 4.69) is 23.2 Å². The molecule has 1 aliphatic rings. The van der Waals surface area contributed by atoms with Gasteiger partial charge >= 0.3 is 0 Å². The van der Waals surface area contributed by atoms with Crippen molar-refractivity contribution < 1.29 is 0 Å². The lowest BCUT2D eigenvalue weighted by atomic mass is 9.97. The molecule has 3 nitrogen and oxygen atoms in total. The van der Waals surface area contributed by atoms with E-state index in [1.54, 1.807) is 0 Å². The fraction of sp³-hybridized carbons (Fsp3) is 0.917. The van der Waals surface area contributed by atoms with Gasteiger partial charge in [0.2, 0.25) is 0 Å². The third-order valence-electron chi connectivity index (χ3n) is 3.19. The first kappa shape index (κ1) is 12.5. The zero-order valence-corrected chi connectivity index (χ0v) is 9.84. The van der Waals surface area contributed by atoms with Crippen molar-refractivity contribution in [2.24, 2.45) is 5.92 Å². The van der Waals surface area contributed by atoms with Gasteiger partial charge in [-0.15, -0.1) is 0 Å². The molecule has 1 aliphatic heterocycles. The summed E-state index contributed by atoms with van der Waals surface area (Å²) >= 11 is 0. The van der Waals surface area contributed by atoms with Gasteiger partial charge in [0.25, 0.3) is 0 Å². The molecule has 86 valence electrons. The zero-order valence-electron chi connectivity index (χ0n) is 9.84. The Bertz CT molecular complexity index is 192. The normalized spacial score (nSPS) is 17.9. The Balaban J connectivity index is 2.17. The van der Waals surface area contributed by atoms with E-state index in [1.165, 1.54) is 32.5 Å². The van der Waals surface area contributed by atoms with E-state index in [-0.39, 0.29) is 0 Å². The minimum atomic E-state index is 0.697. The summed E-state index contributed by atoms with van der Waals surface area (Å²) in [6.45, 7) is 8.02. The SMILES string of the molecule is CCN(CCCC#N)CC1CCNCC1. The van der Waals surface area contributed by atoms with Gasteiger partial charge in [-0.05, 0) is 51.4 Å². The molecule has 1 heterocycles. The number of hydrogen-bond donors (Lipinski definition) is 1. The second kappa shape index (κ2) is 7.67. The fourth-order valence-electron chi connectivity index (χ4n) is 2.19. The fourth-order valence-corrected chi connectivity index (χ4v) is 2.19. The Hall–Kier alpha value is -0.590. The number of piperidine rings is 1. The van der Waals surface area contributed by atoms with Crippen molar-refractivity contribution in [3.63, 3.8) is 0 Å². The molecular weight excluding hydrogens is 186 g/mol. The van der Waals surface area contributed by atoms with Crippen LogP contribution in [0.4, 0.5) is 0 Å². The molecule has 0 spiro atoms. The number of rotatable bonds is 6. The van der Waals surface area contributed by atoms with Gasteiger partial charge in [0.15, 0.2) is 0 Å². The largest absolute Gasteiger partial charge is 0.317 e. The molecule has 3 heteroatoms. The third kappa shape index (κ3) is 5.15. The van der Waals surface area contributed by atoms with E-state index in [0.717, 1.165) is 25.4 Å². The summed E-state index contributed by atoms with van der Waals surface area (Å²) in [4.78, 5) is 2.49. The standard InChI is InChI=1S/C12H23N3/c1-2-15(10-4-3-7-13)11-12-5-8-14-9-6-12/h12,14H,2-6,8-11H2,1H3. The molecule has 0 aromatic carbocycles. The molecule has 0 aromatic heterocycles. The van der Waals surface area contributed by atoms with Crippen molar-refractivity contribution in [3.05, 3.63) is 0 Å². The highest BCUT2D eigenvalue weighted by atomic mass is 15.1. The van der Waals surface area contributed by atoms with E-state index in [4.69, 9.17) is 5.26 Å². The van der Waals surface area contributed by atoms with E-state index < -0.39 is 0 Å². The highest BCUT2D eigenvalue weighted by molar-refractivity contribution is 4.74. The van der Waals surface area contributed by atoms with Crippen molar-refractivity contribution in [1.82, 2.24) is 10.2 Å². The molecule has 1 N–H and O–H groups in total. The predicted octanol–water partition coefficient (Wildman–Crippen LogP) is 1.61. The summed E-state index contributed by atoms with van der Waals surface area (Å²) in [6, 6.07) is 2.21. The van der Waals surface area contributed by atoms with Gasteiger partial charge in [-0.2, -0.15) is 5.26 Å². The molecule has 0 unspecified atom stereocenters. The van der Waals surface area contributed by atoms with Gasteiger partial charge in [0, 0.05) is 13.0 Å². The van der Waals surface area contributed by atoms with Gasteiger partial charge in [-0.3, -0.25) is 0 Å². The topological polar surface area (TPSA) is 39.1 Å². The summed E-state index contributed by atoms with van der Waals surface area (Å²) in [7, 11) is 0. The maximum absolute atomic E-state index is 8.50. The monoisotopic (exact) mass is 209 g/mol. The van der Waals surface area contributed by atoms with Crippen LogP contribution in [0, 0.1) is 17.2 Å². The Kier molecular flexibility index (Phi) is 6.38. The summed E-state index contributed by atoms with van der Waals surface area (Å²) in [5.74, 6) is 0.869. The molecule has 0 saturated carbocycles. The van der Waals surface area contributed by atoms with Crippen LogP contribution in [0.25, 0.3) is 0 Å². The maximum atomic E-state index is 8.50. The van der Waals surface area contributed by atoms with Gasteiger partial charge in [0.05, 0.1) is 6.07 Å². The average Bonchev–Trinajstić information content (AvgIpc) is 2.29. The molecule has 0 aromatic rings. The molecule has 15 heavy (non-hydrogen) atoms. The van der Waals surface area contributed by atoms with E-state index >= 15 is 0 Å². The molecule has 1 rings (SSSR count). The molecule has 0 amide bonds. The lowest BCUT2D eigenvalue weighted by Gasteiger charge is -2.29. The van der Waals surface area contributed by atoms with Gasteiger partial charge in [-0.25, -0.2) is 0 Å². The lowest BCUT2D eigenvalue weighted by Crippen LogP contribution is -2.36. The first-order valence-electron chi connectivity index (χ1n) is 6.16. The Morgan fingerprint density at radius 3 is 2.73 bits per heavy atom. The van der Waals surface area contributed by atoms with Crippen LogP contribution in [0.1, 0.15) is 32.6 Å². The molecule has 0 radical (unpaired) electrons. The average molecular weight is 209 g/mol. The van der Waals surface area contributed by atoms with Crippen molar-refractivity contribution >= 4 is 0 Å². The van der Waals surface area contributed by atoms with E-state index in [0.29, 0.717) is 6.42 Å². The summed E-state index contributed by atoms with van der Waals surface area (Å²) in [6.07, 6.45) is 4.35. The summed E-state index contributed by atoms with van der Waals surface area (Å²) < 4.78 is 0. The quantitative estimate of drug-likeness (QED) is 0.676. The Labute approximate surface area is 93.5 Å². The third-order valence-corrected chi connectivity index (χ3v) is 3.19. The highest BCUT2D eigenvalue weighted by Crippen LogP contribution is 2.13.